The number of nitrogens with zero attached hydrogens (tertiary/aromatic N) is 2. The van der Waals surface area contributed by atoms with Crippen molar-refractivity contribution in [2.45, 2.75) is 44.6 Å². The summed E-state index contributed by atoms with van der Waals surface area (Å²) in [6, 6.07) is 3.78. The Bertz CT molecular complexity index is 975. The molecular formula is C20H33N3O6S2. The van der Waals surface area contributed by atoms with E-state index in [1.54, 1.807) is 6.07 Å². The zero-order valence-electron chi connectivity index (χ0n) is 18.6. The molecule has 1 aliphatic rings. The first kappa shape index (κ1) is 25.6. The number of ether oxygens (including phenoxy) is 1. The van der Waals surface area contributed by atoms with E-state index in [-0.39, 0.29) is 41.0 Å². The third-order valence-electron chi connectivity index (χ3n) is 5.43. The molecule has 9 nitrogen and oxygen atoms in total. The minimum atomic E-state index is -4.07. The maximum absolute atomic E-state index is 13.7. The van der Waals surface area contributed by atoms with Crippen LogP contribution in [0.3, 0.4) is 0 Å². The van der Waals surface area contributed by atoms with Gasteiger partial charge in [-0.05, 0) is 50.7 Å². The third-order valence-corrected chi connectivity index (χ3v) is 9.16. The summed E-state index contributed by atoms with van der Waals surface area (Å²) in [7, 11) is -5.98. The standard InChI is InChI=1S/C20H33N3O6S2/c1-5-22(6-2)11-7-12-23(18-10-13-30(25,26)15-18)31(27,28)20-14-17(21-16(3)24)8-9-19(20)29-4/h8-9,14,18H,5-7,10-13,15H2,1-4H3,(H,21,24)/t18-/m0/s1. The Labute approximate surface area is 185 Å². The molecule has 0 saturated carbocycles. The highest BCUT2D eigenvalue weighted by Gasteiger charge is 2.39. The van der Waals surface area contributed by atoms with Gasteiger partial charge in [0.15, 0.2) is 9.84 Å². The highest BCUT2D eigenvalue weighted by molar-refractivity contribution is 7.92. The number of carbonyl (C=O) groups excluding carboxylic acids is 1. The van der Waals surface area contributed by atoms with Crippen LogP contribution < -0.4 is 10.1 Å². The topological polar surface area (TPSA) is 113 Å². The smallest absolute Gasteiger partial charge is 0.247 e. The molecule has 0 bridgehead atoms. The average molecular weight is 476 g/mol. The highest BCUT2D eigenvalue weighted by atomic mass is 32.2. The normalized spacial score (nSPS) is 18.5. The van der Waals surface area contributed by atoms with E-state index in [2.05, 4.69) is 10.2 Å². The Hall–Kier alpha value is -1.69. The zero-order chi connectivity index (χ0) is 23.2. The molecule has 1 heterocycles. The second-order valence-electron chi connectivity index (χ2n) is 7.60. The lowest BCUT2D eigenvalue weighted by molar-refractivity contribution is -0.114. The minimum absolute atomic E-state index is 0.0250. The van der Waals surface area contributed by atoms with E-state index >= 15 is 0 Å². The molecule has 1 amide bonds. The molecule has 1 saturated heterocycles. The van der Waals surface area contributed by atoms with Crippen LogP contribution in [-0.2, 0) is 24.7 Å². The Morgan fingerprint density at radius 3 is 2.42 bits per heavy atom. The van der Waals surface area contributed by atoms with Crippen molar-refractivity contribution in [2.75, 3.05) is 50.1 Å². The second kappa shape index (κ2) is 10.8. The lowest BCUT2D eigenvalue weighted by Crippen LogP contribution is -2.42. The molecule has 1 fully saturated rings. The van der Waals surface area contributed by atoms with Crippen LogP contribution in [0.15, 0.2) is 23.1 Å². The molecule has 1 aromatic carbocycles. The molecule has 1 aliphatic heterocycles. The van der Waals surface area contributed by atoms with E-state index in [0.717, 1.165) is 13.1 Å². The molecule has 0 radical (unpaired) electrons. The van der Waals surface area contributed by atoms with Crippen molar-refractivity contribution in [1.29, 1.82) is 0 Å². The summed E-state index contributed by atoms with van der Waals surface area (Å²) in [5.74, 6) is -0.399. The lowest BCUT2D eigenvalue weighted by atomic mass is 10.2. The molecule has 0 unspecified atom stereocenters. The first-order valence-electron chi connectivity index (χ1n) is 10.4. The fourth-order valence-corrected chi connectivity index (χ4v) is 7.48. The summed E-state index contributed by atoms with van der Waals surface area (Å²) in [5, 5.41) is 2.58. The van der Waals surface area contributed by atoms with Crippen molar-refractivity contribution >= 4 is 31.5 Å². The molecule has 1 N–H and O–H groups in total. The van der Waals surface area contributed by atoms with Gasteiger partial charge in [-0.15, -0.1) is 0 Å². The second-order valence-corrected chi connectivity index (χ2v) is 11.7. The maximum atomic E-state index is 13.7. The Morgan fingerprint density at radius 1 is 1.23 bits per heavy atom. The largest absolute Gasteiger partial charge is 0.495 e. The molecule has 1 atom stereocenters. The predicted molar refractivity (Wildman–Crippen MR) is 121 cm³/mol. The van der Waals surface area contributed by atoms with Gasteiger partial charge in [0.1, 0.15) is 10.6 Å². The van der Waals surface area contributed by atoms with Crippen molar-refractivity contribution in [3.8, 4) is 5.75 Å². The lowest BCUT2D eigenvalue weighted by Gasteiger charge is -2.29. The fourth-order valence-electron chi connectivity index (χ4n) is 3.78. The average Bonchev–Trinajstić information content (AvgIpc) is 3.06. The number of amides is 1. The van der Waals surface area contributed by atoms with Crippen molar-refractivity contribution in [3.63, 3.8) is 0 Å². The number of hydrogen-bond donors (Lipinski definition) is 1. The number of nitrogens with one attached hydrogen (secondary N) is 1. The van der Waals surface area contributed by atoms with Gasteiger partial charge in [-0.3, -0.25) is 4.79 Å². The number of methoxy groups -OCH3 is 1. The third kappa shape index (κ3) is 6.64. The van der Waals surface area contributed by atoms with E-state index in [4.69, 9.17) is 4.74 Å². The molecule has 1 aromatic rings. The van der Waals surface area contributed by atoms with Gasteiger partial charge in [0, 0.05) is 25.2 Å². The highest BCUT2D eigenvalue weighted by Crippen LogP contribution is 2.33. The Morgan fingerprint density at radius 2 is 1.90 bits per heavy atom. The summed E-state index contributed by atoms with van der Waals surface area (Å²) < 4.78 is 58.1. The SMILES string of the molecule is CCN(CC)CCCN([C@H]1CCS(=O)(=O)C1)S(=O)(=O)c1cc(NC(C)=O)ccc1OC. The number of benzene rings is 1. The van der Waals surface area contributed by atoms with E-state index in [0.29, 0.717) is 18.7 Å². The van der Waals surface area contributed by atoms with Crippen molar-refractivity contribution in [3.05, 3.63) is 18.2 Å². The Balaban J connectivity index is 2.42. The van der Waals surface area contributed by atoms with E-state index < -0.39 is 25.9 Å². The number of sulfonamides is 1. The zero-order valence-corrected chi connectivity index (χ0v) is 20.3. The van der Waals surface area contributed by atoms with Gasteiger partial charge in [-0.1, -0.05) is 13.8 Å². The predicted octanol–water partition coefficient (Wildman–Crippen LogP) is 1.56. The van der Waals surface area contributed by atoms with Crippen LogP contribution in [-0.4, -0.2) is 82.8 Å². The molecule has 0 aliphatic carbocycles. The summed E-state index contributed by atoms with van der Waals surface area (Å²) >= 11 is 0. The fraction of sp³-hybridized carbons (Fsp3) is 0.650. The quantitative estimate of drug-likeness (QED) is 0.517. The van der Waals surface area contributed by atoms with Crippen LogP contribution in [0.5, 0.6) is 5.75 Å². The Kier molecular flexibility index (Phi) is 8.87. The van der Waals surface area contributed by atoms with Gasteiger partial charge in [0.2, 0.25) is 15.9 Å². The molecule has 31 heavy (non-hydrogen) atoms. The number of carbonyl (C=O) groups is 1. The van der Waals surface area contributed by atoms with E-state index in [9.17, 15) is 21.6 Å². The van der Waals surface area contributed by atoms with Crippen LogP contribution in [0.2, 0.25) is 0 Å². The molecule has 176 valence electrons. The van der Waals surface area contributed by atoms with Crippen molar-refractivity contribution in [1.82, 2.24) is 9.21 Å². The number of hydrogen-bond acceptors (Lipinski definition) is 7. The monoisotopic (exact) mass is 475 g/mol. The van der Waals surface area contributed by atoms with Crippen molar-refractivity contribution < 1.29 is 26.4 Å². The molecule has 2 rings (SSSR count). The van der Waals surface area contributed by atoms with Crippen LogP contribution in [0.25, 0.3) is 0 Å². The summed E-state index contributed by atoms with van der Waals surface area (Å²) in [4.78, 5) is 13.5. The van der Waals surface area contributed by atoms with Crippen LogP contribution >= 0.6 is 0 Å². The van der Waals surface area contributed by atoms with Gasteiger partial charge in [0.25, 0.3) is 0 Å². The number of anilines is 1. The van der Waals surface area contributed by atoms with Crippen LogP contribution in [0.4, 0.5) is 5.69 Å². The molecule has 0 aromatic heterocycles. The van der Waals surface area contributed by atoms with Crippen LogP contribution in [0, 0.1) is 0 Å². The summed E-state index contributed by atoms with van der Waals surface area (Å²) in [6.45, 7) is 8.04. The van der Waals surface area contributed by atoms with Gasteiger partial charge in [-0.2, -0.15) is 4.31 Å². The molecule has 0 spiro atoms. The number of rotatable bonds is 11. The first-order chi connectivity index (χ1) is 14.5. The molecule has 11 heteroatoms. The van der Waals surface area contributed by atoms with E-state index in [1.165, 1.54) is 30.5 Å². The maximum Gasteiger partial charge on any atom is 0.247 e. The summed E-state index contributed by atoms with van der Waals surface area (Å²) in [5.41, 5.74) is 0.328. The van der Waals surface area contributed by atoms with Gasteiger partial charge in [-0.25, -0.2) is 16.8 Å². The summed E-state index contributed by atoms with van der Waals surface area (Å²) in [6.07, 6.45) is 0.839. The van der Waals surface area contributed by atoms with Gasteiger partial charge in [0.05, 0.1) is 18.6 Å². The minimum Gasteiger partial charge on any atom is -0.495 e. The van der Waals surface area contributed by atoms with E-state index in [1.807, 2.05) is 13.8 Å². The van der Waals surface area contributed by atoms with Crippen molar-refractivity contribution in [2.24, 2.45) is 0 Å². The van der Waals surface area contributed by atoms with Gasteiger partial charge < -0.3 is 15.0 Å². The van der Waals surface area contributed by atoms with Gasteiger partial charge >= 0.3 is 0 Å². The molecular weight excluding hydrogens is 442 g/mol. The first-order valence-corrected chi connectivity index (χ1v) is 13.7. The number of sulfone groups is 1. The van der Waals surface area contributed by atoms with Crippen LogP contribution in [0.1, 0.15) is 33.6 Å².